The third-order valence-electron chi connectivity index (χ3n) is 5.25. The molecule has 0 saturated carbocycles. The maximum atomic E-state index is 13.0. The minimum atomic E-state index is -0.542. The Morgan fingerprint density at radius 3 is 2.89 bits per heavy atom. The molecule has 8 heteroatoms. The van der Waals surface area contributed by atoms with E-state index in [-0.39, 0.29) is 36.9 Å². The molecule has 27 heavy (non-hydrogen) atoms. The maximum absolute atomic E-state index is 13.0. The second-order valence-corrected chi connectivity index (χ2v) is 6.91. The predicted octanol–water partition coefficient (Wildman–Crippen LogP) is 1.32. The van der Waals surface area contributed by atoms with Crippen molar-refractivity contribution in [1.82, 2.24) is 4.90 Å². The van der Waals surface area contributed by atoms with Gasteiger partial charge < -0.3 is 14.2 Å². The number of carbonyl (C=O) groups excluding carboxylic acids is 3. The van der Waals surface area contributed by atoms with Crippen molar-refractivity contribution in [3.63, 3.8) is 0 Å². The molecule has 4 rings (SSSR count). The molecule has 2 unspecified atom stereocenters. The van der Waals surface area contributed by atoms with Gasteiger partial charge in [-0.05, 0) is 38.4 Å². The molecule has 0 bridgehead atoms. The smallest absolute Gasteiger partial charge is 0.310 e. The molecule has 3 aliphatic heterocycles. The quantitative estimate of drug-likeness (QED) is 0.580. The molecule has 0 N–H and O–H groups in total. The van der Waals surface area contributed by atoms with Crippen LogP contribution in [0.25, 0.3) is 0 Å². The van der Waals surface area contributed by atoms with Crippen molar-refractivity contribution in [1.29, 1.82) is 0 Å². The Hall–Kier alpha value is -2.61. The summed E-state index contributed by atoms with van der Waals surface area (Å²) in [5.74, 6) is 0.137. The summed E-state index contributed by atoms with van der Waals surface area (Å²) in [7, 11) is 0. The number of likely N-dealkylation sites (tertiary alicyclic amines) is 1. The van der Waals surface area contributed by atoms with Crippen molar-refractivity contribution in [3.05, 3.63) is 18.2 Å². The molecule has 0 spiro atoms. The summed E-state index contributed by atoms with van der Waals surface area (Å²) < 4.78 is 15.7. The Bertz CT molecular complexity index is 779. The second-order valence-electron chi connectivity index (χ2n) is 6.91. The molecule has 2 amide bonds. The van der Waals surface area contributed by atoms with Gasteiger partial charge in [0.2, 0.25) is 12.7 Å². The number of amides is 2. The molecule has 0 radical (unpaired) electrons. The Balaban J connectivity index is 1.50. The number of fused-ring (bicyclic) bond motifs is 1. The second kappa shape index (κ2) is 7.19. The van der Waals surface area contributed by atoms with Gasteiger partial charge in [-0.25, -0.2) is 4.90 Å². The summed E-state index contributed by atoms with van der Waals surface area (Å²) in [6, 6.07) is 4.49. The number of esters is 1. The van der Waals surface area contributed by atoms with Crippen LogP contribution in [0.4, 0.5) is 5.69 Å². The van der Waals surface area contributed by atoms with Gasteiger partial charge in [0.05, 0.1) is 30.7 Å². The molecule has 2 atom stereocenters. The van der Waals surface area contributed by atoms with Crippen LogP contribution < -0.4 is 14.4 Å². The third-order valence-corrected chi connectivity index (χ3v) is 5.25. The zero-order chi connectivity index (χ0) is 19.0. The number of nitrogens with zero attached hydrogens (tertiary/aromatic N) is 2. The van der Waals surface area contributed by atoms with E-state index in [0.717, 1.165) is 12.8 Å². The first kappa shape index (κ1) is 17.8. The standard InChI is InChI=1S/C19H22N2O6/c1-2-25-19(24)12-4-3-7-20(10-12)14-9-17(22)21(18(14)23)13-5-6-15-16(8-13)27-11-26-15/h5-6,8,12,14H,2-4,7,9-11H2,1H3. The lowest BCUT2D eigenvalue weighted by Crippen LogP contribution is -2.48. The fourth-order valence-electron chi connectivity index (χ4n) is 3.94. The van der Waals surface area contributed by atoms with E-state index in [1.54, 1.807) is 25.1 Å². The minimum absolute atomic E-state index is 0.114. The maximum Gasteiger partial charge on any atom is 0.310 e. The molecular formula is C19H22N2O6. The SMILES string of the molecule is CCOC(=O)C1CCCN(C2CC(=O)N(c3ccc4c(c3)OCO4)C2=O)C1. The van der Waals surface area contributed by atoms with E-state index >= 15 is 0 Å². The highest BCUT2D eigenvalue weighted by molar-refractivity contribution is 6.22. The lowest BCUT2D eigenvalue weighted by atomic mass is 9.96. The number of anilines is 1. The summed E-state index contributed by atoms with van der Waals surface area (Å²) in [4.78, 5) is 40.8. The summed E-state index contributed by atoms with van der Waals surface area (Å²) in [6.07, 6.45) is 1.66. The van der Waals surface area contributed by atoms with Gasteiger partial charge in [0.15, 0.2) is 11.5 Å². The average molecular weight is 374 g/mol. The Labute approximate surface area is 157 Å². The predicted molar refractivity (Wildman–Crippen MR) is 94.4 cm³/mol. The third kappa shape index (κ3) is 3.25. The first-order chi connectivity index (χ1) is 13.1. The Morgan fingerprint density at radius 1 is 1.26 bits per heavy atom. The highest BCUT2D eigenvalue weighted by Crippen LogP contribution is 2.37. The van der Waals surface area contributed by atoms with Crippen LogP contribution in [0.1, 0.15) is 26.2 Å². The van der Waals surface area contributed by atoms with E-state index in [1.807, 2.05) is 4.90 Å². The zero-order valence-corrected chi connectivity index (χ0v) is 15.2. The van der Waals surface area contributed by atoms with Gasteiger partial charge in [-0.2, -0.15) is 0 Å². The van der Waals surface area contributed by atoms with Gasteiger partial charge >= 0.3 is 5.97 Å². The lowest BCUT2D eigenvalue weighted by Gasteiger charge is -2.34. The van der Waals surface area contributed by atoms with Gasteiger partial charge in [0, 0.05) is 12.6 Å². The average Bonchev–Trinajstić information content (AvgIpc) is 3.25. The van der Waals surface area contributed by atoms with E-state index in [2.05, 4.69) is 0 Å². The number of hydrogen-bond acceptors (Lipinski definition) is 7. The first-order valence-electron chi connectivity index (χ1n) is 9.25. The molecule has 8 nitrogen and oxygen atoms in total. The molecule has 2 fully saturated rings. The molecule has 2 saturated heterocycles. The van der Waals surface area contributed by atoms with Crippen LogP contribution in [0, 0.1) is 5.92 Å². The number of carbonyl (C=O) groups is 3. The number of rotatable bonds is 4. The van der Waals surface area contributed by atoms with Crippen LogP contribution in [0.3, 0.4) is 0 Å². The highest BCUT2D eigenvalue weighted by Gasteiger charge is 2.44. The van der Waals surface area contributed by atoms with Crippen molar-refractivity contribution < 1.29 is 28.6 Å². The van der Waals surface area contributed by atoms with Gasteiger partial charge in [-0.1, -0.05) is 0 Å². The van der Waals surface area contributed by atoms with E-state index in [0.29, 0.717) is 36.9 Å². The zero-order valence-electron chi connectivity index (χ0n) is 15.2. The van der Waals surface area contributed by atoms with E-state index in [1.165, 1.54) is 4.90 Å². The van der Waals surface area contributed by atoms with Crippen molar-refractivity contribution in [2.75, 3.05) is 31.4 Å². The van der Waals surface area contributed by atoms with Crippen molar-refractivity contribution in [2.24, 2.45) is 5.92 Å². The minimum Gasteiger partial charge on any atom is -0.466 e. The Morgan fingerprint density at radius 2 is 2.07 bits per heavy atom. The van der Waals surface area contributed by atoms with E-state index < -0.39 is 6.04 Å². The van der Waals surface area contributed by atoms with Crippen LogP contribution in [-0.4, -0.2) is 55.2 Å². The van der Waals surface area contributed by atoms with Crippen molar-refractivity contribution in [2.45, 2.75) is 32.2 Å². The number of imide groups is 1. The summed E-state index contributed by atoms with van der Waals surface area (Å²) >= 11 is 0. The summed E-state index contributed by atoms with van der Waals surface area (Å²) in [6.45, 7) is 3.38. The fraction of sp³-hybridized carbons (Fsp3) is 0.526. The molecule has 3 heterocycles. The molecule has 3 aliphatic rings. The van der Waals surface area contributed by atoms with Crippen molar-refractivity contribution >= 4 is 23.5 Å². The topological polar surface area (TPSA) is 85.4 Å². The van der Waals surface area contributed by atoms with Gasteiger partial charge in [-0.3, -0.25) is 19.3 Å². The monoisotopic (exact) mass is 374 g/mol. The first-order valence-corrected chi connectivity index (χ1v) is 9.25. The normalized spacial score (nSPS) is 25.1. The molecule has 0 aromatic heterocycles. The number of hydrogen-bond donors (Lipinski definition) is 0. The van der Waals surface area contributed by atoms with Gasteiger partial charge in [0.1, 0.15) is 0 Å². The van der Waals surface area contributed by atoms with Gasteiger partial charge in [0.25, 0.3) is 5.91 Å². The number of piperidine rings is 1. The van der Waals surface area contributed by atoms with Gasteiger partial charge in [-0.15, -0.1) is 0 Å². The summed E-state index contributed by atoms with van der Waals surface area (Å²) in [5.41, 5.74) is 0.482. The fourth-order valence-corrected chi connectivity index (χ4v) is 3.94. The van der Waals surface area contributed by atoms with E-state index in [4.69, 9.17) is 14.2 Å². The number of ether oxygens (including phenoxy) is 3. The lowest BCUT2D eigenvalue weighted by molar-refractivity contribution is -0.150. The van der Waals surface area contributed by atoms with Crippen LogP contribution in [0.2, 0.25) is 0 Å². The Kier molecular flexibility index (Phi) is 4.73. The van der Waals surface area contributed by atoms with E-state index in [9.17, 15) is 14.4 Å². The number of benzene rings is 1. The largest absolute Gasteiger partial charge is 0.466 e. The van der Waals surface area contributed by atoms with Crippen LogP contribution >= 0.6 is 0 Å². The van der Waals surface area contributed by atoms with Crippen LogP contribution in [0.15, 0.2) is 18.2 Å². The van der Waals surface area contributed by atoms with Crippen LogP contribution in [-0.2, 0) is 19.1 Å². The molecule has 144 valence electrons. The molecule has 1 aromatic carbocycles. The van der Waals surface area contributed by atoms with Crippen LogP contribution in [0.5, 0.6) is 11.5 Å². The molecule has 1 aromatic rings. The molecule has 0 aliphatic carbocycles. The van der Waals surface area contributed by atoms with Crippen molar-refractivity contribution in [3.8, 4) is 11.5 Å². The molecular weight excluding hydrogens is 352 g/mol. The summed E-state index contributed by atoms with van der Waals surface area (Å²) in [5, 5.41) is 0. The highest BCUT2D eigenvalue weighted by atomic mass is 16.7.